The molecule has 3 rings (SSSR count). The lowest BCUT2D eigenvalue weighted by Gasteiger charge is -2.09. The molecule has 6 heteroatoms. The van der Waals surface area contributed by atoms with Gasteiger partial charge < -0.3 is 10.1 Å². The van der Waals surface area contributed by atoms with Gasteiger partial charge in [-0.15, -0.1) is 0 Å². The average molecular weight is 401 g/mol. The number of halogens is 2. The Kier molecular flexibility index (Phi) is 6.69. The van der Waals surface area contributed by atoms with E-state index >= 15 is 0 Å². The van der Waals surface area contributed by atoms with Crippen molar-refractivity contribution in [1.29, 1.82) is 0 Å². The summed E-state index contributed by atoms with van der Waals surface area (Å²) >= 11 is 12.3. The van der Waals surface area contributed by atoms with Crippen molar-refractivity contribution in [3.05, 3.63) is 88.0 Å². The second-order valence-electron chi connectivity index (χ2n) is 5.89. The number of pyridine rings is 1. The fourth-order valence-corrected chi connectivity index (χ4v) is 3.13. The molecule has 1 heterocycles. The van der Waals surface area contributed by atoms with Crippen LogP contribution in [0.25, 0.3) is 0 Å². The van der Waals surface area contributed by atoms with Gasteiger partial charge in [0.05, 0.1) is 0 Å². The smallest absolute Gasteiger partial charge is 0.220 e. The first-order valence-electron chi connectivity index (χ1n) is 8.49. The second kappa shape index (κ2) is 9.40. The fraction of sp³-hybridized carbons (Fsp3) is 0.143. The van der Waals surface area contributed by atoms with Crippen molar-refractivity contribution in [2.75, 3.05) is 0 Å². The van der Waals surface area contributed by atoms with Gasteiger partial charge in [-0.05, 0) is 47.9 Å². The molecule has 27 heavy (non-hydrogen) atoms. The first-order valence-corrected chi connectivity index (χ1v) is 9.25. The molecule has 0 saturated carbocycles. The molecule has 0 aliphatic carbocycles. The Hall–Kier alpha value is -2.56. The summed E-state index contributed by atoms with van der Waals surface area (Å²) in [5, 5.41) is 4.06. The van der Waals surface area contributed by atoms with Crippen LogP contribution in [0.4, 0.5) is 0 Å². The van der Waals surface area contributed by atoms with Gasteiger partial charge in [0.1, 0.15) is 5.75 Å². The summed E-state index contributed by atoms with van der Waals surface area (Å²) in [4.78, 5) is 16.3. The van der Waals surface area contributed by atoms with Crippen LogP contribution in [0.3, 0.4) is 0 Å². The van der Waals surface area contributed by atoms with E-state index in [1.54, 1.807) is 30.5 Å². The molecule has 138 valence electrons. The van der Waals surface area contributed by atoms with Crippen LogP contribution in [0.1, 0.15) is 17.5 Å². The monoisotopic (exact) mass is 400 g/mol. The molecule has 1 amide bonds. The molecule has 1 N–H and O–H groups in total. The van der Waals surface area contributed by atoms with Crippen molar-refractivity contribution in [2.24, 2.45) is 0 Å². The minimum absolute atomic E-state index is 0.0676. The highest BCUT2D eigenvalue weighted by atomic mass is 35.5. The van der Waals surface area contributed by atoms with E-state index in [0.29, 0.717) is 41.1 Å². The molecule has 1 aromatic heterocycles. The summed E-state index contributed by atoms with van der Waals surface area (Å²) < 4.78 is 5.70. The van der Waals surface area contributed by atoms with E-state index in [1.807, 2.05) is 36.4 Å². The number of rotatable bonds is 7. The van der Waals surface area contributed by atoms with Crippen molar-refractivity contribution < 1.29 is 9.53 Å². The minimum Gasteiger partial charge on any atom is -0.439 e. The van der Waals surface area contributed by atoms with Crippen molar-refractivity contribution in [3.8, 4) is 11.6 Å². The standard InChI is InChI=1S/C21H18Cl2N2O2/c22-18-7-4-8-19(23)17(18)10-11-20(26)25-14-15-5-3-6-16(13-15)27-21-9-1-2-12-24-21/h1-9,12-13H,10-11,14H2,(H,25,26). The minimum atomic E-state index is -0.0676. The van der Waals surface area contributed by atoms with Gasteiger partial charge >= 0.3 is 0 Å². The lowest BCUT2D eigenvalue weighted by Crippen LogP contribution is -2.23. The number of ether oxygens (including phenoxy) is 1. The number of aromatic nitrogens is 1. The molecular formula is C21H18Cl2N2O2. The van der Waals surface area contributed by atoms with E-state index in [-0.39, 0.29) is 5.91 Å². The summed E-state index contributed by atoms with van der Waals surface area (Å²) in [6, 6.07) is 18.3. The van der Waals surface area contributed by atoms with Crippen LogP contribution in [0, 0.1) is 0 Å². The van der Waals surface area contributed by atoms with Gasteiger partial charge in [0.2, 0.25) is 11.8 Å². The highest BCUT2D eigenvalue weighted by Crippen LogP contribution is 2.25. The van der Waals surface area contributed by atoms with Crippen molar-refractivity contribution in [3.63, 3.8) is 0 Å². The summed E-state index contributed by atoms with van der Waals surface area (Å²) in [6.07, 6.45) is 2.48. The molecule has 0 aliphatic rings. The van der Waals surface area contributed by atoms with Crippen molar-refractivity contribution >= 4 is 29.1 Å². The molecule has 0 unspecified atom stereocenters. The number of carbonyl (C=O) groups is 1. The molecular weight excluding hydrogens is 383 g/mol. The third-order valence-electron chi connectivity index (χ3n) is 3.91. The molecule has 0 aliphatic heterocycles. The van der Waals surface area contributed by atoms with Gasteiger partial charge in [0, 0.05) is 35.3 Å². The van der Waals surface area contributed by atoms with Crippen LogP contribution in [-0.2, 0) is 17.8 Å². The van der Waals surface area contributed by atoms with Crippen LogP contribution in [0.2, 0.25) is 10.0 Å². The van der Waals surface area contributed by atoms with Gasteiger partial charge in [-0.2, -0.15) is 0 Å². The Labute approximate surface area is 168 Å². The normalized spacial score (nSPS) is 10.4. The van der Waals surface area contributed by atoms with E-state index in [0.717, 1.165) is 11.1 Å². The zero-order valence-electron chi connectivity index (χ0n) is 14.5. The number of amides is 1. The summed E-state index contributed by atoms with van der Waals surface area (Å²) in [7, 11) is 0. The maximum absolute atomic E-state index is 12.1. The third kappa shape index (κ3) is 5.71. The van der Waals surface area contributed by atoms with E-state index in [9.17, 15) is 4.79 Å². The summed E-state index contributed by atoms with van der Waals surface area (Å²) in [5.41, 5.74) is 1.73. The zero-order valence-corrected chi connectivity index (χ0v) is 16.0. The Bertz CT molecular complexity index is 897. The number of carbonyl (C=O) groups excluding carboxylic acids is 1. The molecule has 4 nitrogen and oxygen atoms in total. The summed E-state index contributed by atoms with van der Waals surface area (Å²) in [5.74, 6) is 1.13. The van der Waals surface area contributed by atoms with Crippen molar-refractivity contribution in [1.82, 2.24) is 10.3 Å². The van der Waals surface area contributed by atoms with Crippen LogP contribution in [0.5, 0.6) is 11.6 Å². The largest absolute Gasteiger partial charge is 0.439 e. The quantitative estimate of drug-likeness (QED) is 0.575. The molecule has 0 saturated heterocycles. The Morgan fingerprint density at radius 3 is 2.52 bits per heavy atom. The SMILES string of the molecule is O=C(CCc1c(Cl)cccc1Cl)NCc1cccc(Oc2ccccn2)c1. The predicted octanol–water partition coefficient (Wildman–Crippen LogP) is 5.43. The molecule has 0 atom stereocenters. The molecule has 0 radical (unpaired) electrons. The van der Waals surface area contributed by atoms with E-state index < -0.39 is 0 Å². The second-order valence-corrected chi connectivity index (χ2v) is 6.71. The fourth-order valence-electron chi connectivity index (χ4n) is 2.55. The topological polar surface area (TPSA) is 51.2 Å². The van der Waals surface area contributed by atoms with E-state index in [2.05, 4.69) is 10.3 Å². The molecule has 0 fully saturated rings. The van der Waals surface area contributed by atoms with Gasteiger partial charge in [-0.1, -0.05) is 47.5 Å². The number of nitrogens with zero attached hydrogens (tertiary/aromatic N) is 1. The van der Waals surface area contributed by atoms with Gasteiger partial charge in [0.25, 0.3) is 0 Å². The highest BCUT2D eigenvalue weighted by Gasteiger charge is 2.09. The maximum Gasteiger partial charge on any atom is 0.220 e. The lowest BCUT2D eigenvalue weighted by molar-refractivity contribution is -0.121. The van der Waals surface area contributed by atoms with Crippen LogP contribution < -0.4 is 10.1 Å². The molecule has 2 aromatic carbocycles. The molecule has 0 spiro atoms. The lowest BCUT2D eigenvalue weighted by atomic mass is 10.1. The molecule has 0 bridgehead atoms. The molecule has 3 aromatic rings. The Balaban J connectivity index is 1.52. The summed E-state index contributed by atoms with van der Waals surface area (Å²) in [6.45, 7) is 0.411. The first kappa shape index (κ1) is 19.2. The third-order valence-corrected chi connectivity index (χ3v) is 4.62. The van der Waals surface area contributed by atoms with Gasteiger partial charge in [-0.25, -0.2) is 4.98 Å². The van der Waals surface area contributed by atoms with Crippen molar-refractivity contribution in [2.45, 2.75) is 19.4 Å². The Morgan fingerprint density at radius 1 is 1.00 bits per heavy atom. The van der Waals surface area contributed by atoms with Crippen LogP contribution in [-0.4, -0.2) is 10.9 Å². The van der Waals surface area contributed by atoms with E-state index in [4.69, 9.17) is 27.9 Å². The maximum atomic E-state index is 12.1. The van der Waals surface area contributed by atoms with E-state index in [1.165, 1.54) is 0 Å². The first-order chi connectivity index (χ1) is 13.1. The highest BCUT2D eigenvalue weighted by molar-refractivity contribution is 6.36. The zero-order chi connectivity index (χ0) is 19.1. The van der Waals surface area contributed by atoms with Crippen LogP contribution >= 0.6 is 23.2 Å². The number of benzene rings is 2. The Morgan fingerprint density at radius 2 is 1.78 bits per heavy atom. The van der Waals surface area contributed by atoms with Gasteiger partial charge in [0.15, 0.2) is 0 Å². The predicted molar refractivity (Wildman–Crippen MR) is 107 cm³/mol. The van der Waals surface area contributed by atoms with Gasteiger partial charge in [-0.3, -0.25) is 4.79 Å². The number of nitrogens with one attached hydrogen (secondary N) is 1. The number of hydrogen-bond donors (Lipinski definition) is 1. The number of hydrogen-bond acceptors (Lipinski definition) is 3. The van der Waals surface area contributed by atoms with Crippen LogP contribution in [0.15, 0.2) is 66.9 Å². The average Bonchev–Trinajstić information content (AvgIpc) is 2.67.